The molecule has 0 spiro atoms. The molecule has 1 aromatic rings. The number of furan rings is 1. The van der Waals surface area contributed by atoms with Gasteiger partial charge >= 0.3 is 0 Å². The van der Waals surface area contributed by atoms with Crippen LogP contribution in [0.5, 0.6) is 0 Å². The molecular formula is C14H23NO3. The van der Waals surface area contributed by atoms with E-state index in [0.29, 0.717) is 5.92 Å². The van der Waals surface area contributed by atoms with E-state index in [1.54, 1.807) is 6.26 Å². The standard InChI is InChI=1S/C14H23NO3/c1-12(14-3-2-7-18-14)15-6-10-17-11-13-4-8-16-9-5-13/h2-3,7,12-13,15H,4-6,8-11H2,1H3. The van der Waals surface area contributed by atoms with Crippen LogP contribution in [0.4, 0.5) is 0 Å². The Morgan fingerprint density at radius 3 is 3.00 bits per heavy atom. The first-order valence-corrected chi connectivity index (χ1v) is 6.78. The van der Waals surface area contributed by atoms with Gasteiger partial charge in [0.2, 0.25) is 0 Å². The summed E-state index contributed by atoms with van der Waals surface area (Å²) in [5, 5.41) is 3.38. The summed E-state index contributed by atoms with van der Waals surface area (Å²) >= 11 is 0. The molecule has 1 aliphatic heterocycles. The second-order valence-corrected chi connectivity index (χ2v) is 4.82. The highest BCUT2D eigenvalue weighted by Crippen LogP contribution is 2.14. The molecule has 1 atom stereocenters. The monoisotopic (exact) mass is 253 g/mol. The van der Waals surface area contributed by atoms with Crippen molar-refractivity contribution >= 4 is 0 Å². The summed E-state index contributed by atoms with van der Waals surface area (Å²) in [6, 6.07) is 4.14. The van der Waals surface area contributed by atoms with E-state index in [4.69, 9.17) is 13.9 Å². The minimum absolute atomic E-state index is 0.242. The maximum atomic E-state index is 5.69. The fraction of sp³-hybridized carbons (Fsp3) is 0.714. The van der Waals surface area contributed by atoms with Gasteiger partial charge < -0.3 is 19.2 Å². The molecule has 4 heteroatoms. The molecule has 102 valence electrons. The summed E-state index contributed by atoms with van der Waals surface area (Å²) in [5.74, 6) is 1.65. The van der Waals surface area contributed by atoms with Gasteiger partial charge in [0.05, 0.1) is 18.9 Å². The van der Waals surface area contributed by atoms with Gasteiger partial charge in [-0.1, -0.05) is 0 Å². The second-order valence-electron chi connectivity index (χ2n) is 4.82. The molecule has 0 saturated carbocycles. The molecule has 0 aliphatic carbocycles. The van der Waals surface area contributed by atoms with Gasteiger partial charge in [-0.05, 0) is 37.8 Å². The van der Waals surface area contributed by atoms with Gasteiger partial charge in [-0.2, -0.15) is 0 Å². The summed E-state index contributed by atoms with van der Waals surface area (Å²) < 4.78 is 16.3. The van der Waals surface area contributed by atoms with Crippen molar-refractivity contribution in [2.45, 2.75) is 25.8 Å². The third kappa shape index (κ3) is 4.44. The van der Waals surface area contributed by atoms with E-state index < -0.39 is 0 Å². The molecule has 0 amide bonds. The molecule has 18 heavy (non-hydrogen) atoms. The van der Waals surface area contributed by atoms with Gasteiger partial charge in [0, 0.05) is 26.4 Å². The van der Waals surface area contributed by atoms with Crippen LogP contribution >= 0.6 is 0 Å². The summed E-state index contributed by atoms with van der Waals surface area (Å²) in [4.78, 5) is 0. The van der Waals surface area contributed by atoms with Gasteiger partial charge in [-0.25, -0.2) is 0 Å². The smallest absolute Gasteiger partial charge is 0.120 e. The first-order chi connectivity index (χ1) is 8.86. The van der Waals surface area contributed by atoms with Gasteiger partial charge in [0.1, 0.15) is 5.76 Å². The summed E-state index contributed by atoms with van der Waals surface area (Å²) in [6.07, 6.45) is 3.97. The Morgan fingerprint density at radius 2 is 2.28 bits per heavy atom. The van der Waals surface area contributed by atoms with Crippen molar-refractivity contribution in [1.82, 2.24) is 5.32 Å². The third-order valence-corrected chi connectivity index (χ3v) is 3.36. The molecule has 4 nitrogen and oxygen atoms in total. The SMILES string of the molecule is CC(NCCOCC1CCOCC1)c1ccco1. The molecule has 1 unspecified atom stereocenters. The van der Waals surface area contributed by atoms with Crippen molar-refractivity contribution in [3.63, 3.8) is 0 Å². The van der Waals surface area contributed by atoms with Crippen LogP contribution in [-0.2, 0) is 9.47 Å². The Morgan fingerprint density at radius 1 is 1.44 bits per heavy atom. The molecule has 2 heterocycles. The number of rotatable bonds is 7. The summed E-state index contributed by atoms with van der Waals surface area (Å²) in [5.41, 5.74) is 0. The Labute approximate surface area is 109 Å². The summed E-state index contributed by atoms with van der Waals surface area (Å²) in [7, 11) is 0. The quantitative estimate of drug-likeness (QED) is 0.758. The average Bonchev–Trinajstić information content (AvgIpc) is 2.93. The van der Waals surface area contributed by atoms with E-state index in [9.17, 15) is 0 Å². The molecule has 0 bridgehead atoms. The van der Waals surface area contributed by atoms with E-state index in [1.165, 1.54) is 0 Å². The molecule has 1 N–H and O–H groups in total. The van der Waals surface area contributed by atoms with Crippen LogP contribution in [0.15, 0.2) is 22.8 Å². The molecule has 1 aromatic heterocycles. The third-order valence-electron chi connectivity index (χ3n) is 3.36. The molecule has 2 rings (SSSR count). The predicted molar refractivity (Wildman–Crippen MR) is 69.5 cm³/mol. The Bertz CT molecular complexity index is 307. The maximum Gasteiger partial charge on any atom is 0.120 e. The number of ether oxygens (including phenoxy) is 2. The topological polar surface area (TPSA) is 43.6 Å². The minimum atomic E-state index is 0.242. The molecule has 0 aromatic carbocycles. The molecule has 1 aliphatic rings. The van der Waals surface area contributed by atoms with Gasteiger partial charge in [0.25, 0.3) is 0 Å². The highest BCUT2D eigenvalue weighted by Gasteiger charge is 2.13. The maximum absolute atomic E-state index is 5.69. The van der Waals surface area contributed by atoms with Crippen LogP contribution < -0.4 is 5.32 Å². The lowest BCUT2D eigenvalue weighted by Gasteiger charge is -2.21. The van der Waals surface area contributed by atoms with Crippen LogP contribution in [0.2, 0.25) is 0 Å². The average molecular weight is 253 g/mol. The number of nitrogens with one attached hydrogen (secondary N) is 1. The highest BCUT2D eigenvalue weighted by atomic mass is 16.5. The van der Waals surface area contributed by atoms with Gasteiger partial charge in [0.15, 0.2) is 0 Å². The van der Waals surface area contributed by atoms with E-state index in [1.807, 2.05) is 12.1 Å². The van der Waals surface area contributed by atoms with E-state index in [2.05, 4.69) is 12.2 Å². The predicted octanol–water partition coefficient (Wildman–Crippen LogP) is 2.37. The molecular weight excluding hydrogens is 230 g/mol. The molecule has 1 fully saturated rings. The Kier molecular flexibility index (Phi) is 5.71. The van der Waals surface area contributed by atoms with Gasteiger partial charge in [-0.3, -0.25) is 0 Å². The van der Waals surface area contributed by atoms with Crippen molar-refractivity contribution in [3.05, 3.63) is 24.2 Å². The van der Waals surface area contributed by atoms with Crippen molar-refractivity contribution in [2.24, 2.45) is 5.92 Å². The fourth-order valence-corrected chi connectivity index (χ4v) is 2.15. The zero-order valence-corrected chi connectivity index (χ0v) is 11.1. The first kappa shape index (κ1) is 13.6. The second kappa shape index (κ2) is 7.56. The Balaban J connectivity index is 1.50. The summed E-state index contributed by atoms with van der Waals surface area (Å²) in [6.45, 7) is 6.34. The van der Waals surface area contributed by atoms with Crippen LogP contribution in [-0.4, -0.2) is 33.0 Å². The van der Waals surface area contributed by atoms with Crippen LogP contribution in [0, 0.1) is 5.92 Å². The van der Waals surface area contributed by atoms with Crippen molar-refractivity contribution in [2.75, 3.05) is 33.0 Å². The van der Waals surface area contributed by atoms with E-state index >= 15 is 0 Å². The van der Waals surface area contributed by atoms with Crippen LogP contribution in [0.3, 0.4) is 0 Å². The molecule has 0 radical (unpaired) electrons. The van der Waals surface area contributed by atoms with E-state index in [-0.39, 0.29) is 6.04 Å². The van der Waals surface area contributed by atoms with E-state index in [0.717, 1.165) is 51.6 Å². The number of hydrogen-bond acceptors (Lipinski definition) is 4. The van der Waals surface area contributed by atoms with Crippen LogP contribution in [0.1, 0.15) is 31.6 Å². The number of hydrogen-bond donors (Lipinski definition) is 1. The normalized spacial score (nSPS) is 18.9. The van der Waals surface area contributed by atoms with Crippen molar-refractivity contribution in [1.29, 1.82) is 0 Å². The van der Waals surface area contributed by atoms with Crippen molar-refractivity contribution in [3.8, 4) is 0 Å². The lowest BCUT2D eigenvalue weighted by molar-refractivity contribution is 0.0210. The largest absolute Gasteiger partial charge is 0.468 e. The Hall–Kier alpha value is -0.840. The van der Waals surface area contributed by atoms with Gasteiger partial charge in [-0.15, -0.1) is 0 Å². The highest BCUT2D eigenvalue weighted by molar-refractivity contribution is 5.02. The lowest BCUT2D eigenvalue weighted by Crippen LogP contribution is -2.25. The zero-order chi connectivity index (χ0) is 12.6. The zero-order valence-electron chi connectivity index (χ0n) is 11.1. The van der Waals surface area contributed by atoms with Crippen molar-refractivity contribution < 1.29 is 13.9 Å². The fourth-order valence-electron chi connectivity index (χ4n) is 2.15. The van der Waals surface area contributed by atoms with Crippen LogP contribution in [0.25, 0.3) is 0 Å². The lowest BCUT2D eigenvalue weighted by atomic mass is 10.0. The first-order valence-electron chi connectivity index (χ1n) is 6.78. The minimum Gasteiger partial charge on any atom is -0.468 e. The molecule has 1 saturated heterocycles.